The Balaban J connectivity index is 1.65. The summed E-state index contributed by atoms with van der Waals surface area (Å²) in [6.07, 6.45) is 0.248. The number of H-pyrrole nitrogens is 2. The molecule has 0 spiro atoms. The Kier molecular flexibility index (Phi) is 4.14. The van der Waals surface area contributed by atoms with E-state index in [0.717, 1.165) is 22.4 Å². The van der Waals surface area contributed by atoms with E-state index in [1.807, 2.05) is 30.3 Å². The number of aromatic amines is 2. The molecule has 1 heterocycles. The van der Waals surface area contributed by atoms with Crippen LogP contribution in [0.15, 0.2) is 47.3 Å². The average molecular weight is 311 g/mol. The van der Waals surface area contributed by atoms with Crippen molar-refractivity contribution in [3.8, 4) is 5.75 Å². The van der Waals surface area contributed by atoms with Crippen molar-refractivity contribution in [3.05, 3.63) is 64.1 Å². The number of carbonyl (C=O) groups excluding carboxylic acids is 1. The molecule has 3 rings (SSSR count). The second-order valence-corrected chi connectivity index (χ2v) is 5.22. The fourth-order valence-electron chi connectivity index (χ4n) is 2.48. The summed E-state index contributed by atoms with van der Waals surface area (Å²) in [4.78, 5) is 28.7. The highest BCUT2D eigenvalue weighted by Crippen LogP contribution is 2.17. The van der Waals surface area contributed by atoms with Crippen molar-refractivity contribution < 1.29 is 9.53 Å². The number of ether oxygens (including phenoxy) is 1. The minimum absolute atomic E-state index is 0.0897. The van der Waals surface area contributed by atoms with E-state index in [0.29, 0.717) is 12.1 Å². The van der Waals surface area contributed by atoms with Crippen molar-refractivity contribution >= 4 is 16.9 Å². The van der Waals surface area contributed by atoms with Crippen LogP contribution < -0.4 is 15.7 Å². The molecule has 0 saturated carbocycles. The minimum atomic E-state index is -0.252. The maximum atomic E-state index is 12.1. The van der Waals surface area contributed by atoms with E-state index in [-0.39, 0.29) is 18.0 Å². The van der Waals surface area contributed by atoms with Gasteiger partial charge >= 0.3 is 5.69 Å². The third-order valence-corrected chi connectivity index (χ3v) is 3.61. The lowest BCUT2D eigenvalue weighted by Crippen LogP contribution is -2.24. The Bertz CT molecular complexity index is 895. The Morgan fingerprint density at radius 2 is 1.91 bits per heavy atom. The number of para-hydroxylation sites is 1. The molecule has 0 radical (unpaired) electrons. The molecule has 0 fully saturated rings. The molecule has 0 aliphatic heterocycles. The number of hydrogen-bond acceptors (Lipinski definition) is 3. The van der Waals surface area contributed by atoms with Gasteiger partial charge in [-0.15, -0.1) is 0 Å². The first-order valence-electron chi connectivity index (χ1n) is 7.25. The minimum Gasteiger partial charge on any atom is -0.496 e. The molecule has 118 valence electrons. The summed E-state index contributed by atoms with van der Waals surface area (Å²) >= 11 is 0. The second kappa shape index (κ2) is 6.39. The van der Waals surface area contributed by atoms with Gasteiger partial charge in [0.15, 0.2) is 0 Å². The lowest BCUT2D eigenvalue weighted by atomic mass is 10.1. The Labute approximate surface area is 132 Å². The first-order chi connectivity index (χ1) is 11.2. The lowest BCUT2D eigenvalue weighted by Gasteiger charge is -2.09. The summed E-state index contributed by atoms with van der Waals surface area (Å²) in [5.41, 5.74) is 2.94. The summed E-state index contributed by atoms with van der Waals surface area (Å²) in [6, 6.07) is 13.0. The van der Waals surface area contributed by atoms with Gasteiger partial charge in [0.1, 0.15) is 5.75 Å². The van der Waals surface area contributed by atoms with Gasteiger partial charge in [0.25, 0.3) is 0 Å². The van der Waals surface area contributed by atoms with Gasteiger partial charge in [-0.25, -0.2) is 4.79 Å². The molecule has 2 aromatic carbocycles. The van der Waals surface area contributed by atoms with Gasteiger partial charge in [-0.05, 0) is 23.8 Å². The van der Waals surface area contributed by atoms with Crippen molar-refractivity contribution in [2.24, 2.45) is 0 Å². The normalized spacial score (nSPS) is 10.7. The van der Waals surface area contributed by atoms with Gasteiger partial charge in [-0.2, -0.15) is 0 Å². The molecule has 6 nitrogen and oxygen atoms in total. The molecule has 3 N–H and O–H groups in total. The number of benzene rings is 2. The largest absolute Gasteiger partial charge is 0.496 e. The molecule has 3 aromatic rings. The van der Waals surface area contributed by atoms with Crippen LogP contribution in [0.5, 0.6) is 5.75 Å². The number of rotatable bonds is 5. The number of carbonyl (C=O) groups is 1. The molecule has 1 amide bonds. The van der Waals surface area contributed by atoms with Crippen LogP contribution in [-0.4, -0.2) is 23.0 Å². The number of aromatic nitrogens is 2. The van der Waals surface area contributed by atoms with Crippen molar-refractivity contribution in [2.45, 2.75) is 13.0 Å². The first-order valence-corrected chi connectivity index (χ1v) is 7.25. The van der Waals surface area contributed by atoms with E-state index < -0.39 is 0 Å². The molecule has 0 saturated heterocycles. The topological polar surface area (TPSA) is 87.0 Å². The lowest BCUT2D eigenvalue weighted by molar-refractivity contribution is -0.120. The zero-order valence-corrected chi connectivity index (χ0v) is 12.7. The average Bonchev–Trinajstić information content (AvgIpc) is 2.92. The number of fused-ring (bicyclic) bond motifs is 1. The molecule has 0 aliphatic carbocycles. The highest BCUT2D eigenvalue weighted by atomic mass is 16.5. The molecular formula is C17H17N3O3. The van der Waals surface area contributed by atoms with Crippen molar-refractivity contribution in [3.63, 3.8) is 0 Å². The molecular weight excluding hydrogens is 294 g/mol. The number of hydrogen-bond donors (Lipinski definition) is 3. The van der Waals surface area contributed by atoms with Crippen molar-refractivity contribution in [2.75, 3.05) is 7.11 Å². The zero-order chi connectivity index (χ0) is 16.2. The Morgan fingerprint density at radius 1 is 1.13 bits per heavy atom. The molecule has 1 aromatic heterocycles. The molecule has 6 heteroatoms. The standard InChI is InChI=1S/C17H17N3O3/c1-23-15-5-3-2-4-12(15)10-18-16(21)9-11-6-7-13-14(8-11)20-17(22)19-13/h2-8H,9-10H2,1H3,(H,18,21)(H2,19,20,22). The van der Waals surface area contributed by atoms with Crippen LogP contribution in [-0.2, 0) is 17.8 Å². The van der Waals surface area contributed by atoms with E-state index in [2.05, 4.69) is 15.3 Å². The van der Waals surface area contributed by atoms with Crippen LogP contribution >= 0.6 is 0 Å². The maximum absolute atomic E-state index is 12.1. The molecule has 0 atom stereocenters. The van der Waals surface area contributed by atoms with Gasteiger partial charge < -0.3 is 20.0 Å². The molecule has 23 heavy (non-hydrogen) atoms. The third kappa shape index (κ3) is 3.42. The summed E-state index contributed by atoms with van der Waals surface area (Å²) in [5.74, 6) is 0.659. The van der Waals surface area contributed by atoms with Crippen molar-refractivity contribution in [1.82, 2.24) is 15.3 Å². The van der Waals surface area contributed by atoms with Crippen LogP contribution in [0.25, 0.3) is 11.0 Å². The van der Waals surface area contributed by atoms with E-state index in [4.69, 9.17) is 4.74 Å². The molecule has 0 aliphatic rings. The number of nitrogens with one attached hydrogen (secondary N) is 3. The Hall–Kier alpha value is -3.02. The van der Waals surface area contributed by atoms with Crippen LogP contribution in [0.1, 0.15) is 11.1 Å². The quantitative estimate of drug-likeness (QED) is 0.670. The third-order valence-electron chi connectivity index (χ3n) is 3.61. The summed E-state index contributed by atoms with van der Waals surface area (Å²) < 4.78 is 5.26. The van der Waals surface area contributed by atoms with Gasteiger partial charge in [-0.3, -0.25) is 4.79 Å². The SMILES string of the molecule is COc1ccccc1CNC(=O)Cc1ccc2[nH]c(=O)[nH]c2c1. The Morgan fingerprint density at radius 3 is 2.74 bits per heavy atom. The van der Waals surface area contributed by atoms with Crippen LogP contribution in [0.4, 0.5) is 0 Å². The van der Waals surface area contributed by atoms with E-state index >= 15 is 0 Å². The first kappa shape index (κ1) is 14.9. The van der Waals surface area contributed by atoms with Crippen LogP contribution in [0.2, 0.25) is 0 Å². The number of amides is 1. The predicted octanol–water partition coefficient (Wildman–Crippen LogP) is 1.72. The van der Waals surface area contributed by atoms with Gasteiger partial charge in [0.05, 0.1) is 24.6 Å². The second-order valence-electron chi connectivity index (χ2n) is 5.22. The van der Waals surface area contributed by atoms with Gasteiger partial charge in [0.2, 0.25) is 5.91 Å². The maximum Gasteiger partial charge on any atom is 0.323 e. The van der Waals surface area contributed by atoms with Gasteiger partial charge in [-0.1, -0.05) is 24.3 Å². The van der Waals surface area contributed by atoms with E-state index in [9.17, 15) is 9.59 Å². The number of methoxy groups -OCH3 is 1. The molecule has 0 bridgehead atoms. The fourth-order valence-corrected chi connectivity index (χ4v) is 2.48. The van der Waals surface area contributed by atoms with Crippen molar-refractivity contribution in [1.29, 1.82) is 0 Å². The predicted molar refractivity (Wildman–Crippen MR) is 87.5 cm³/mol. The van der Waals surface area contributed by atoms with E-state index in [1.165, 1.54) is 0 Å². The highest BCUT2D eigenvalue weighted by Gasteiger charge is 2.07. The van der Waals surface area contributed by atoms with Crippen LogP contribution in [0.3, 0.4) is 0 Å². The van der Waals surface area contributed by atoms with Gasteiger partial charge in [0, 0.05) is 12.1 Å². The zero-order valence-electron chi connectivity index (χ0n) is 12.7. The monoisotopic (exact) mass is 311 g/mol. The van der Waals surface area contributed by atoms with E-state index in [1.54, 1.807) is 19.2 Å². The van der Waals surface area contributed by atoms with Crippen LogP contribution in [0, 0.1) is 0 Å². The molecule has 0 unspecified atom stereocenters. The summed E-state index contributed by atoms with van der Waals surface area (Å²) in [7, 11) is 1.60. The summed E-state index contributed by atoms with van der Waals surface area (Å²) in [5, 5.41) is 2.88. The fraction of sp³-hybridized carbons (Fsp3) is 0.176. The highest BCUT2D eigenvalue weighted by molar-refractivity contribution is 5.81. The number of imidazole rings is 1. The smallest absolute Gasteiger partial charge is 0.323 e. The summed E-state index contributed by atoms with van der Waals surface area (Å²) in [6.45, 7) is 0.409.